The lowest BCUT2D eigenvalue weighted by Gasteiger charge is -1.75. The van der Waals surface area contributed by atoms with Gasteiger partial charge in [0.1, 0.15) is 11.0 Å². The van der Waals surface area contributed by atoms with Crippen LogP contribution in [0.15, 0.2) is 16.8 Å². The van der Waals surface area contributed by atoms with Gasteiger partial charge in [-0.05, 0) is 6.07 Å². The van der Waals surface area contributed by atoms with E-state index in [0.717, 1.165) is 17.2 Å². The lowest BCUT2D eigenvalue weighted by Crippen LogP contribution is -1.72. The highest BCUT2D eigenvalue weighted by Gasteiger charge is 2.04. The Kier molecular flexibility index (Phi) is 0.887. The zero-order chi connectivity index (χ0) is 6.97. The highest BCUT2D eigenvalue weighted by atomic mass is 16.5. The first-order valence-corrected chi connectivity index (χ1v) is 2.85. The molecule has 0 radical (unpaired) electrons. The van der Waals surface area contributed by atoms with Gasteiger partial charge in [-0.2, -0.15) is 0 Å². The smallest absolute Gasteiger partial charge is 0.201 e. The molecule has 4 heteroatoms. The second-order valence-electron chi connectivity index (χ2n) is 1.93. The average molecular weight is 135 g/mol. The lowest BCUT2D eigenvalue weighted by molar-refractivity contribution is 0.422. The highest BCUT2D eigenvalue weighted by Crippen LogP contribution is 2.12. The number of H-pyrrole nitrogens is 1. The van der Waals surface area contributed by atoms with Crippen molar-refractivity contribution in [2.24, 2.45) is 0 Å². The van der Waals surface area contributed by atoms with Gasteiger partial charge in [-0.3, -0.25) is 0 Å². The first-order chi connectivity index (χ1) is 4.92. The molecule has 2 N–H and O–H groups in total. The van der Waals surface area contributed by atoms with E-state index in [9.17, 15) is 0 Å². The van der Waals surface area contributed by atoms with Gasteiger partial charge in [-0.1, -0.05) is 5.16 Å². The largest absolute Gasteiger partial charge is 0.357 e. The van der Waals surface area contributed by atoms with Gasteiger partial charge in [0.15, 0.2) is 0 Å². The predicted molar refractivity (Wildman–Crippen MR) is 36.2 cm³/mol. The van der Waals surface area contributed by atoms with Crippen LogP contribution in [0.4, 0.5) is 0 Å². The van der Waals surface area contributed by atoms with Crippen molar-refractivity contribution in [3.63, 3.8) is 0 Å². The van der Waals surface area contributed by atoms with Crippen LogP contribution in [0.25, 0.3) is 11.0 Å². The molecule has 2 aromatic heterocycles. The number of rotatable bonds is 1. The van der Waals surface area contributed by atoms with E-state index in [-0.39, 0.29) is 0 Å². The summed E-state index contributed by atoms with van der Waals surface area (Å²) >= 11 is 0. The predicted octanol–water partition coefficient (Wildman–Crippen LogP) is 1.15. The number of hydrogen-bond acceptors (Lipinski definition) is 3. The van der Waals surface area contributed by atoms with Crippen molar-refractivity contribution in [3.8, 4) is 0 Å². The summed E-state index contributed by atoms with van der Waals surface area (Å²) in [5.41, 5.74) is 1.55. The highest BCUT2D eigenvalue weighted by molar-refractivity contribution is 5.91. The van der Waals surface area contributed by atoms with Crippen LogP contribution >= 0.6 is 0 Å². The summed E-state index contributed by atoms with van der Waals surface area (Å²) in [4.78, 5) is 2.91. The van der Waals surface area contributed by atoms with Gasteiger partial charge in [0.05, 0.1) is 6.21 Å². The monoisotopic (exact) mass is 135 g/mol. The molecular formula is C6H5N3O. The molecule has 0 amide bonds. The molecular weight excluding hydrogens is 130 g/mol. The fraction of sp³-hybridized carbons (Fsp3) is 0. The van der Waals surface area contributed by atoms with E-state index in [1.165, 1.54) is 0 Å². The third kappa shape index (κ3) is 0.500. The summed E-state index contributed by atoms with van der Waals surface area (Å²) in [7, 11) is 0. The Morgan fingerprint density at radius 1 is 1.70 bits per heavy atom. The van der Waals surface area contributed by atoms with Crippen molar-refractivity contribution in [1.29, 1.82) is 5.41 Å². The first-order valence-electron chi connectivity index (χ1n) is 2.85. The van der Waals surface area contributed by atoms with Crippen molar-refractivity contribution in [2.45, 2.75) is 0 Å². The number of fused-ring (bicyclic) bond motifs is 1. The van der Waals surface area contributed by atoms with Crippen molar-refractivity contribution in [2.75, 3.05) is 0 Å². The molecule has 0 aliphatic rings. The van der Waals surface area contributed by atoms with E-state index < -0.39 is 0 Å². The van der Waals surface area contributed by atoms with Crippen LogP contribution in [-0.4, -0.2) is 16.4 Å². The molecule has 0 unspecified atom stereocenters. The normalized spacial score (nSPS) is 10.4. The van der Waals surface area contributed by atoms with E-state index in [0.29, 0.717) is 5.76 Å². The summed E-state index contributed by atoms with van der Waals surface area (Å²) in [6.45, 7) is 0. The molecule has 0 spiro atoms. The summed E-state index contributed by atoms with van der Waals surface area (Å²) in [5, 5.41) is 10.6. The zero-order valence-electron chi connectivity index (χ0n) is 5.09. The minimum atomic E-state index is 0.472. The number of aromatic nitrogens is 2. The molecule has 2 rings (SSSR count). The maximum Gasteiger partial charge on any atom is 0.201 e. The number of nitrogens with one attached hydrogen (secondary N) is 2. The maximum atomic E-state index is 6.90. The summed E-state index contributed by atoms with van der Waals surface area (Å²) in [5.74, 6) is 0.472. The quantitative estimate of drug-likeness (QED) is 0.576. The number of hydrogen-bond donors (Lipinski definition) is 2. The van der Waals surface area contributed by atoms with Gasteiger partial charge in [-0.25, -0.2) is 0 Å². The van der Waals surface area contributed by atoms with Gasteiger partial charge in [-0.15, -0.1) is 0 Å². The summed E-state index contributed by atoms with van der Waals surface area (Å²) < 4.78 is 4.78. The van der Waals surface area contributed by atoms with E-state index in [1.54, 1.807) is 12.3 Å². The third-order valence-corrected chi connectivity index (χ3v) is 1.34. The summed E-state index contributed by atoms with van der Waals surface area (Å²) in [6.07, 6.45) is 2.89. The van der Waals surface area contributed by atoms with Crippen LogP contribution in [0, 0.1) is 5.41 Å². The van der Waals surface area contributed by atoms with Crippen LogP contribution in [0.1, 0.15) is 5.76 Å². The molecule has 4 nitrogen and oxygen atoms in total. The fourth-order valence-corrected chi connectivity index (χ4v) is 0.877. The molecule has 0 saturated carbocycles. The van der Waals surface area contributed by atoms with E-state index in [2.05, 4.69) is 10.1 Å². The average Bonchev–Trinajstić information content (AvgIpc) is 2.44. The summed E-state index contributed by atoms with van der Waals surface area (Å²) in [6, 6.07) is 1.80. The zero-order valence-corrected chi connectivity index (χ0v) is 5.09. The Morgan fingerprint density at radius 2 is 2.60 bits per heavy atom. The van der Waals surface area contributed by atoms with Gasteiger partial charge >= 0.3 is 0 Å². The number of aromatic amines is 1. The minimum absolute atomic E-state index is 0.472. The Bertz CT molecular complexity index is 360. The van der Waals surface area contributed by atoms with Crippen LogP contribution in [0.3, 0.4) is 0 Å². The van der Waals surface area contributed by atoms with Gasteiger partial charge in [0, 0.05) is 6.20 Å². The van der Waals surface area contributed by atoms with E-state index in [4.69, 9.17) is 9.93 Å². The van der Waals surface area contributed by atoms with Crippen LogP contribution in [0.5, 0.6) is 0 Å². The molecule has 0 aliphatic carbocycles. The molecule has 2 aromatic rings. The lowest BCUT2D eigenvalue weighted by atomic mass is 10.4. The molecule has 0 bridgehead atoms. The van der Waals surface area contributed by atoms with Crippen LogP contribution in [-0.2, 0) is 0 Å². The van der Waals surface area contributed by atoms with Crippen molar-refractivity contribution in [1.82, 2.24) is 10.1 Å². The SMILES string of the molecule is N=Cc1onc2cc[nH]c12. The van der Waals surface area contributed by atoms with Crippen molar-refractivity contribution in [3.05, 3.63) is 18.0 Å². The van der Waals surface area contributed by atoms with Gasteiger partial charge < -0.3 is 14.9 Å². The molecule has 50 valence electrons. The second-order valence-corrected chi connectivity index (χ2v) is 1.93. The van der Waals surface area contributed by atoms with Crippen LogP contribution in [0.2, 0.25) is 0 Å². The minimum Gasteiger partial charge on any atom is -0.357 e. The van der Waals surface area contributed by atoms with E-state index in [1.807, 2.05) is 0 Å². The second kappa shape index (κ2) is 1.70. The standard InChI is InChI=1S/C6H5N3O/c7-3-5-6-4(9-10-5)1-2-8-6/h1-3,7-8H. The first kappa shape index (κ1) is 5.22. The Morgan fingerprint density at radius 3 is 3.40 bits per heavy atom. The Hall–Kier alpha value is -1.58. The third-order valence-electron chi connectivity index (χ3n) is 1.34. The molecule has 0 atom stereocenters. The molecule has 10 heavy (non-hydrogen) atoms. The van der Waals surface area contributed by atoms with E-state index >= 15 is 0 Å². The fourth-order valence-electron chi connectivity index (χ4n) is 0.877. The van der Waals surface area contributed by atoms with Crippen molar-refractivity contribution < 1.29 is 4.52 Å². The molecule has 0 aromatic carbocycles. The molecule has 0 aliphatic heterocycles. The molecule has 0 saturated heterocycles. The molecule has 2 heterocycles. The number of nitrogens with zero attached hydrogens (tertiary/aromatic N) is 1. The Balaban J connectivity index is 2.88. The maximum absolute atomic E-state index is 6.90. The molecule has 0 fully saturated rings. The topological polar surface area (TPSA) is 65.7 Å². The Labute approximate surface area is 56.3 Å². The van der Waals surface area contributed by atoms with Crippen molar-refractivity contribution >= 4 is 17.2 Å². The van der Waals surface area contributed by atoms with Gasteiger partial charge in [0.25, 0.3) is 0 Å². The van der Waals surface area contributed by atoms with Crippen LogP contribution < -0.4 is 0 Å². The van der Waals surface area contributed by atoms with Gasteiger partial charge in [0.2, 0.25) is 5.76 Å².